The van der Waals surface area contributed by atoms with Gasteiger partial charge >= 0.3 is 0 Å². The lowest BCUT2D eigenvalue weighted by molar-refractivity contribution is -0.146. The van der Waals surface area contributed by atoms with Gasteiger partial charge in [0.05, 0.1) is 6.10 Å². The number of fused-ring (bicyclic) bond motifs is 7. The number of nitrogens with zero attached hydrogens (tertiary/aromatic N) is 1. The van der Waals surface area contributed by atoms with E-state index >= 15 is 0 Å². The molecule has 0 aromatic carbocycles. The van der Waals surface area contributed by atoms with Gasteiger partial charge in [-0.2, -0.15) is 0 Å². The van der Waals surface area contributed by atoms with Crippen LogP contribution in [0.1, 0.15) is 46.5 Å². The van der Waals surface area contributed by atoms with Crippen molar-refractivity contribution in [1.82, 2.24) is 0 Å². The number of Topliss-reactive ketones (excluding diaryl/α,β-unsaturated/α-hetero) is 1. The third-order valence-corrected chi connectivity index (χ3v) is 8.91. The lowest BCUT2D eigenvalue weighted by atomic mass is 9.46. The molecule has 5 unspecified atom stereocenters. The Hall–Kier alpha value is -1.79. The number of aliphatic hydroxyl groups is 2. The van der Waals surface area contributed by atoms with Crippen molar-refractivity contribution in [2.75, 3.05) is 6.61 Å². The van der Waals surface area contributed by atoms with Crippen LogP contribution in [0.5, 0.6) is 0 Å². The summed E-state index contributed by atoms with van der Waals surface area (Å²) in [5.74, 6) is 0.570. The summed E-state index contributed by atoms with van der Waals surface area (Å²) in [5.41, 5.74) is -0.915. The average molecular weight is 399 g/mol. The Morgan fingerprint density at radius 2 is 2.14 bits per heavy atom. The summed E-state index contributed by atoms with van der Waals surface area (Å²) in [6.07, 6.45) is 7.20. The van der Waals surface area contributed by atoms with Crippen molar-refractivity contribution < 1.29 is 24.5 Å². The minimum absolute atomic E-state index is 0.00453. The monoisotopic (exact) mass is 399 g/mol. The van der Waals surface area contributed by atoms with Gasteiger partial charge in [0.25, 0.3) is 0 Å². The number of rotatable bonds is 2. The first-order valence-electron chi connectivity index (χ1n) is 10.7. The maximum absolute atomic E-state index is 13.0. The van der Waals surface area contributed by atoms with Crippen LogP contribution in [0.15, 0.2) is 28.8 Å². The molecule has 0 saturated heterocycles. The summed E-state index contributed by atoms with van der Waals surface area (Å²) in [4.78, 5) is 29.7. The fourth-order valence-corrected chi connectivity index (χ4v) is 7.81. The van der Waals surface area contributed by atoms with Crippen molar-refractivity contribution in [2.45, 2.75) is 64.2 Å². The van der Waals surface area contributed by atoms with E-state index in [0.717, 1.165) is 18.4 Å². The molecule has 0 radical (unpaired) electrons. The minimum Gasteiger partial charge on any atom is -0.475 e. The van der Waals surface area contributed by atoms with Gasteiger partial charge in [0.2, 0.25) is 0 Å². The van der Waals surface area contributed by atoms with Crippen LogP contribution in [0.4, 0.5) is 0 Å². The van der Waals surface area contributed by atoms with Crippen molar-refractivity contribution in [3.05, 3.63) is 23.8 Å². The first kappa shape index (κ1) is 19.2. The molecule has 156 valence electrons. The number of ether oxygens (including phenoxy) is 1. The standard InChI is InChI=1S/C23H29NO5/c1-12-24-23(18(28)11-25)19(29-12)9-16-15-5-4-13-8-14(26)6-7-21(13,2)20(15)17(27)10-22(16,23)3/h6-8,15-17,19-20,25,27H,4-5,9-11H2,1-3H3/t15-,16?,17?,19?,20?,21-,22-,23?/m0/s1. The van der Waals surface area contributed by atoms with E-state index < -0.39 is 23.7 Å². The van der Waals surface area contributed by atoms with Crippen molar-refractivity contribution >= 4 is 17.5 Å². The highest BCUT2D eigenvalue weighted by molar-refractivity contribution is 6.01. The van der Waals surface area contributed by atoms with Crippen LogP contribution in [-0.4, -0.2) is 52.0 Å². The van der Waals surface area contributed by atoms with Gasteiger partial charge in [0.15, 0.2) is 23.0 Å². The van der Waals surface area contributed by atoms with Crippen LogP contribution in [0.3, 0.4) is 0 Å². The summed E-state index contributed by atoms with van der Waals surface area (Å²) in [6, 6.07) is 0. The molecular weight excluding hydrogens is 370 g/mol. The van der Waals surface area contributed by atoms with Crippen molar-refractivity contribution in [3.8, 4) is 0 Å². The van der Waals surface area contributed by atoms with Gasteiger partial charge in [0.1, 0.15) is 12.7 Å². The van der Waals surface area contributed by atoms with Gasteiger partial charge in [-0.05, 0) is 49.7 Å². The predicted octanol–water partition coefficient (Wildman–Crippen LogP) is 1.99. The molecule has 2 N–H and O–H groups in total. The summed E-state index contributed by atoms with van der Waals surface area (Å²) < 4.78 is 6.00. The molecule has 0 amide bonds. The molecule has 29 heavy (non-hydrogen) atoms. The fourth-order valence-electron chi connectivity index (χ4n) is 7.81. The quantitative estimate of drug-likeness (QED) is 0.740. The highest BCUT2D eigenvalue weighted by Gasteiger charge is 2.74. The summed E-state index contributed by atoms with van der Waals surface area (Å²) in [7, 11) is 0. The van der Waals surface area contributed by atoms with Crippen LogP contribution >= 0.6 is 0 Å². The highest BCUT2D eigenvalue weighted by Crippen LogP contribution is 2.69. The van der Waals surface area contributed by atoms with Crippen molar-refractivity contribution in [1.29, 1.82) is 0 Å². The van der Waals surface area contributed by atoms with E-state index in [1.165, 1.54) is 0 Å². The molecule has 0 spiro atoms. The Balaban J connectivity index is 1.61. The third-order valence-electron chi connectivity index (χ3n) is 8.91. The molecule has 6 heteroatoms. The maximum Gasteiger partial charge on any atom is 0.190 e. The lowest BCUT2D eigenvalue weighted by Gasteiger charge is -2.59. The van der Waals surface area contributed by atoms with E-state index in [2.05, 4.69) is 13.8 Å². The molecule has 3 fully saturated rings. The molecule has 0 aromatic heterocycles. The zero-order valence-corrected chi connectivity index (χ0v) is 17.2. The lowest BCUT2D eigenvalue weighted by Crippen LogP contribution is -2.62. The number of carbonyl (C=O) groups is 2. The van der Waals surface area contributed by atoms with Crippen LogP contribution < -0.4 is 0 Å². The second-order valence-corrected chi connectivity index (χ2v) is 10.0. The van der Waals surface area contributed by atoms with Crippen molar-refractivity contribution in [3.63, 3.8) is 0 Å². The molecule has 5 aliphatic rings. The zero-order valence-electron chi connectivity index (χ0n) is 17.2. The normalized spacial score (nSPS) is 50.0. The topological polar surface area (TPSA) is 96.2 Å². The molecular formula is C23H29NO5. The van der Waals surface area contributed by atoms with Gasteiger partial charge in [-0.15, -0.1) is 0 Å². The SMILES string of the molecule is CC1=NC2(C(=O)CO)C(CC3[C@@H]4CCC5=CC(=O)C=C[C@]5(C)C4C(O)C[C@@]32C)O1. The minimum atomic E-state index is -1.11. The van der Waals surface area contributed by atoms with E-state index in [1.54, 1.807) is 19.1 Å². The predicted molar refractivity (Wildman–Crippen MR) is 106 cm³/mol. The van der Waals surface area contributed by atoms with E-state index in [9.17, 15) is 19.8 Å². The largest absolute Gasteiger partial charge is 0.475 e. The van der Waals surface area contributed by atoms with Crippen LogP contribution in [0, 0.1) is 28.6 Å². The first-order valence-corrected chi connectivity index (χ1v) is 10.7. The maximum atomic E-state index is 13.0. The van der Waals surface area contributed by atoms with Gasteiger partial charge in [-0.25, -0.2) is 4.99 Å². The number of hydrogen-bond acceptors (Lipinski definition) is 6. The first-order chi connectivity index (χ1) is 13.7. The summed E-state index contributed by atoms with van der Waals surface area (Å²) in [6.45, 7) is 5.38. The Bertz CT molecular complexity index is 890. The Labute approximate surface area is 170 Å². The summed E-state index contributed by atoms with van der Waals surface area (Å²) >= 11 is 0. The second-order valence-electron chi connectivity index (χ2n) is 10.0. The number of aliphatic hydroxyl groups excluding tert-OH is 2. The van der Waals surface area contributed by atoms with E-state index in [-0.39, 0.29) is 40.8 Å². The Morgan fingerprint density at radius 3 is 2.86 bits per heavy atom. The number of hydrogen-bond donors (Lipinski definition) is 2. The molecule has 4 aliphatic carbocycles. The fraction of sp³-hybridized carbons (Fsp3) is 0.696. The van der Waals surface area contributed by atoms with E-state index in [1.807, 2.05) is 6.08 Å². The summed E-state index contributed by atoms with van der Waals surface area (Å²) in [5, 5.41) is 21.2. The molecule has 6 nitrogen and oxygen atoms in total. The Kier molecular flexibility index (Phi) is 3.89. The van der Waals surface area contributed by atoms with E-state index in [0.29, 0.717) is 18.7 Å². The van der Waals surface area contributed by atoms with Gasteiger partial charge < -0.3 is 14.9 Å². The molecule has 3 saturated carbocycles. The van der Waals surface area contributed by atoms with E-state index in [4.69, 9.17) is 9.73 Å². The van der Waals surface area contributed by atoms with Gasteiger partial charge in [-0.1, -0.05) is 25.5 Å². The molecule has 0 bridgehead atoms. The Morgan fingerprint density at radius 1 is 1.38 bits per heavy atom. The van der Waals surface area contributed by atoms with Crippen LogP contribution in [0.25, 0.3) is 0 Å². The average Bonchev–Trinajstić information content (AvgIpc) is 3.12. The second kappa shape index (κ2) is 5.88. The van der Waals surface area contributed by atoms with Crippen LogP contribution in [-0.2, 0) is 14.3 Å². The number of allylic oxidation sites excluding steroid dienone is 4. The zero-order chi connectivity index (χ0) is 20.8. The van der Waals surface area contributed by atoms with Gasteiger partial charge in [0, 0.05) is 23.7 Å². The van der Waals surface area contributed by atoms with Gasteiger partial charge in [-0.3, -0.25) is 9.59 Å². The third kappa shape index (κ3) is 2.17. The number of carbonyl (C=O) groups excluding carboxylic acids is 2. The smallest absolute Gasteiger partial charge is 0.190 e. The molecule has 0 aromatic rings. The molecule has 1 aliphatic heterocycles. The number of aliphatic imine (C=N–C) groups is 1. The molecule has 8 atom stereocenters. The van der Waals surface area contributed by atoms with Crippen molar-refractivity contribution in [2.24, 2.45) is 33.6 Å². The van der Waals surface area contributed by atoms with Crippen LogP contribution in [0.2, 0.25) is 0 Å². The number of ketones is 2. The molecule has 1 heterocycles. The molecule has 5 rings (SSSR count). The highest BCUT2D eigenvalue weighted by atomic mass is 16.5.